The lowest BCUT2D eigenvalue weighted by Crippen LogP contribution is -2.09. The van der Waals surface area contributed by atoms with Crippen LogP contribution in [-0.2, 0) is 0 Å². The molecule has 1 aromatic heterocycles. The maximum Gasteiger partial charge on any atom is 0.0484 e. The van der Waals surface area contributed by atoms with Gasteiger partial charge in [-0.15, -0.1) is 0 Å². The summed E-state index contributed by atoms with van der Waals surface area (Å²) in [5.74, 6) is 0. The van der Waals surface area contributed by atoms with E-state index in [4.69, 9.17) is 0 Å². The van der Waals surface area contributed by atoms with Crippen molar-refractivity contribution in [1.29, 1.82) is 0 Å². The number of H-pyrrole nitrogens is 1. The minimum Gasteiger partial charge on any atom is -0.381 e. The smallest absolute Gasteiger partial charge is 0.0484 e. The maximum absolute atomic E-state index is 3.53. The molecular weight excluding hydrogens is 220 g/mol. The Balaban J connectivity index is 2.30. The summed E-state index contributed by atoms with van der Waals surface area (Å²) in [5, 5.41) is 1.32. The topological polar surface area (TPSA) is 19.0 Å². The van der Waals surface area contributed by atoms with E-state index in [2.05, 4.69) is 67.3 Å². The van der Waals surface area contributed by atoms with Crippen LogP contribution in [0.4, 0.5) is 0 Å². The van der Waals surface area contributed by atoms with Crippen LogP contribution in [0.25, 0.3) is 22.6 Å². The molecule has 1 N–H and O–H groups in total. The van der Waals surface area contributed by atoms with Crippen molar-refractivity contribution in [3.05, 3.63) is 47.3 Å². The van der Waals surface area contributed by atoms with Gasteiger partial charge in [0, 0.05) is 48.4 Å². The standard InChI is InChI=1S/C16H18N2/c1-11-8-9-12(18(2)3)10-15-16(11)13-6-4-5-7-14(13)17-15/h4-8,10,17H,9H2,1-3H3. The van der Waals surface area contributed by atoms with Gasteiger partial charge in [-0.2, -0.15) is 0 Å². The molecule has 3 rings (SSSR count). The van der Waals surface area contributed by atoms with Crippen LogP contribution in [0.15, 0.2) is 36.0 Å². The van der Waals surface area contributed by atoms with E-state index in [1.807, 2.05) is 0 Å². The van der Waals surface area contributed by atoms with E-state index in [1.165, 1.54) is 33.4 Å². The van der Waals surface area contributed by atoms with E-state index in [9.17, 15) is 0 Å². The number of rotatable bonds is 1. The Bertz CT molecular complexity index is 657. The van der Waals surface area contributed by atoms with Crippen molar-refractivity contribution < 1.29 is 0 Å². The number of fused-ring (bicyclic) bond motifs is 3. The number of aromatic nitrogens is 1. The zero-order valence-corrected chi connectivity index (χ0v) is 11.1. The van der Waals surface area contributed by atoms with Gasteiger partial charge in [-0.3, -0.25) is 0 Å². The third-order valence-electron chi connectivity index (χ3n) is 3.63. The second kappa shape index (κ2) is 4.05. The molecule has 1 heterocycles. The number of para-hydroxylation sites is 1. The van der Waals surface area contributed by atoms with E-state index in [0.717, 1.165) is 6.42 Å². The van der Waals surface area contributed by atoms with Crippen LogP contribution >= 0.6 is 0 Å². The van der Waals surface area contributed by atoms with Crippen molar-refractivity contribution in [1.82, 2.24) is 9.88 Å². The quantitative estimate of drug-likeness (QED) is 0.799. The molecule has 0 fully saturated rings. The number of hydrogen-bond donors (Lipinski definition) is 1. The fourth-order valence-corrected chi connectivity index (χ4v) is 2.59. The van der Waals surface area contributed by atoms with Crippen LogP contribution in [0.3, 0.4) is 0 Å². The summed E-state index contributed by atoms with van der Waals surface area (Å²) in [7, 11) is 4.20. The number of allylic oxidation sites excluding steroid dienone is 2. The Morgan fingerprint density at radius 3 is 2.72 bits per heavy atom. The molecule has 2 heteroatoms. The van der Waals surface area contributed by atoms with E-state index < -0.39 is 0 Å². The molecule has 0 bridgehead atoms. The number of hydrogen-bond acceptors (Lipinski definition) is 1. The van der Waals surface area contributed by atoms with Crippen LogP contribution in [0.1, 0.15) is 24.6 Å². The molecule has 0 saturated heterocycles. The van der Waals surface area contributed by atoms with E-state index >= 15 is 0 Å². The number of benzene rings is 1. The first-order valence-corrected chi connectivity index (χ1v) is 6.32. The first-order valence-electron chi connectivity index (χ1n) is 6.32. The lowest BCUT2D eigenvalue weighted by molar-refractivity contribution is 0.506. The Labute approximate surface area is 108 Å². The molecule has 0 radical (unpaired) electrons. The maximum atomic E-state index is 3.53. The lowest BCUT2D eigenvalue weighted by Gasteiger charge is -2.14. The summed E-state index contributed by atoms with van der Waals surface area (Å²) >= 11 is 0. The van der Waals surface area contributed by atoms with Gasteiger partial charge < -0.3 is 9.88 Å². The van der Waals surface area contributed by atoms with Gasteiger partial charge in [-0.05, 0) is 24.6 Å². The molecule has 18 heavy (non-hydrogen) atoms. The van der Waals surface area contributed by atoms with Gasteiger partial charge in [0.05, 0.1) is 0 Å². The van der Waals surface area contributed by atoms with Crippen molar-refractivity contribution in [2.45, 2.75) is 13.3 Å². The Morgan fingerprint density at radius 2 is 1.94 bits per heavy atom. The van der Waals surface area contributed by atoms with Crippen molar-refractivity contribution in [2.24, 2.45) is 0 Å². The zero-order chi connectivity index (χ0) is 12.7. The SMILES string of the molecule is CC1=CCC(N(C)C)=Cc2[nH]c3ccccc3c21. The summed E-state index contributed by atoms with van der Waals surface area (Å²) in [6, 6.07) is 8.51. The molecular formula is C16H18N2. The number of aromatic amines is 1. The molecule has 0 amide bonds. The van der Waals surface area contributed by atoms with Gasteiger partial charge in [-0.1, -0.05) is 24.3 Å². The number of nitrogens with zero attached hydrogens (tertiary/aromatic N) is 1. The van der Waals surface area contributed by atoms with E-state index in [0.29, 0.717) is 0 Å². The fraction of sp³-hybridized carbons (Fsp3) is 0.250. The first kappa shape index (κ1) is 11.1. The van der Waals surface area contributed by atoms with Gasteiger partial charge in [-0.25, -0.2) is 0 Å². The normalized spacial score (nSPS) is 14.8. The molecule has 1 aliphatic carbocycles. The largest absolute Gasteiger partial charge is 0.381 e. The minimum atomic E-state index is 0.996. The highest BCUT2D eigenvalue weighted by molar-refractivity contribution is 5.97. The summed E-state index contributed by atoms with van der Waals surface area (Å²) in [5.41, 5.74) is 6.48. The molecule has 2 nitrogen and oxygen atoms in total. The Morgan fingerprint density at radius 1 is 1.17 bits per heavy atom. The summed E-state index contributed by atoms with van der Waals surface area (Å²) in [6.45, 7) is 2.20. The van der Waals surface area contributed by atoms with E-state index in [1.54, 1.807) is 0 Å². The molecule has 2 aromatic rings. The molecule has 0 spiro atoms. The third-order valence-corrected chi connectivity index (χ3v) is 3.63. The Kier molecular flexibility index (Phi) is 2.51. The summed E-state index contributed by atoms with van der Waals surface area (Å²) < 4.78 is 0. The van der Waals surface area contributed by atoms with Gasteiger partial charge in [0.1, 0.15) is 0 Å². The molecule has 0 atom stereocenters. The predicted octanol–water partition coefficient (Wildman–Crippen LogP) is 3.88. The van der Waals surface area contributed by atoms with Crippen molar-refractivity contribution in [3.63, 3.8) is 0 Å². The molecule has 0 saturated carbocycles. The van der Waals surface area contributed by atoms with Crippen LogP contribution in [-0.4, -0.2) is 24.0 Å². The van der Waals surface area contributed by atoms with Crippen LogP contribution in [0, 0.1) is 0 Å². The van der Waals surface area contributed by atoms with Gasteiger partial charge in [0.2, 0.25) is 0 Å². The molecule has 1 aromatic carbocycles. The molecule has 0 unspecified atom stereocenters. The van der Waals surface area contributed by atoms with Gasteiger partial charge in [0.25, 0.3) is 0 Å². The first-order chi connectivity index (χ1) is 8.66. The van der Waals surface area contributed by atoms with Gasteiger partial charge >= 0.3 is 0 Å². The number of nitrogens with one attached hydrogen (secondary N) is 1. The highest BCUT2D eigenvalue weighted by Crippen LogP contribution is 2.33. The van der Waals surface area contributed by atoms with Crippen LogP contribution in [0.5, 0.6) is 0 Å². The highest BCUT2D eigenvalue weighted by atomic mass is 15.1. The fourth-order valence-electron chi connectivity index (χ4n) is 2.59. The van der Waals surface area contributed by atoms with Crippen LogP contribution in [0.2, 0.25) is 0 Å². The average molecular weight is 238 g/mol. The molecule has 1 aliphatic rings. The summed E-state index contributed by atoms with van der Waals surface area (Å²) in [6.07, 6.45) is 5.58. The Hall–Kier alpha value is -1.96. The predicted molar refractivity (Wildman–Crippen MR) is 78.2 cm³/mol. The zero-order valence-electron chi connectivity index (χ0n) is 11.1. The van der Waals surface area contributed by atoms with Gasteiger partial charge in [0.15, 0.2) is 0 Å². The second-order valence-electron chi connectivity index (χ2n) is 5.08. The average Bonchev–Trinajstić information content (AvgIpc) is 2.63. The van der Waals surface area contributed by atoms with Crippen LogP contribution < -0.4 is 0 Å². The molecule has 0 aliphatic heterocycles. The van der Waals surface area contributed by atoms with Crippen molar-refractivity contribution in [3.8, 4) is 0 Å². The summed E-state index contributed by atoms with van der Waals surface area (Å²) in [4.78, 5) is 5.71. The molecule has 92 valence electrons. The third kappa shape index (κ3) is 1.65. The highest BCUT2D eigenvalue weighted by Gasteiger charge is 2.15. The lowest BCUT2D eigenvalue weighted by atomic mass is 10.0. The second-order valence-corrected chi connectivity index (χ2v) is 5.08. The monoisotopic (exact) mass is 238 g/mol. The minimum absolute atomic E-state index is 0.996. The van der Waals surface area contributed by atoms with E-state index in [-0.39, 0.29) is 0 Å². The van der Waals surface area contributed by atoms with Crippen molar-refractivity contribution >= 4 is 22.6 Å². The van der Waals surface area contributed by atoms with Crippen molar-refractivity contribution in [2.75, 3.05) is 14.1 Å².